The van der Waals surface area contributed by atoms with Crippen LogP contribution in [0.3, 0.4) is 0 Å². The average Bonchev–Trinajstić information content (AvgIpc) is 2.90. The predicted octanol–water partition coefficient (Wildman–Crippen LogP) is 2.91. The van der Waals surface area contributed by atoms with Gasteiger partial charge in [-0.2, -0.15) is 0 Å². The summed E-state index contributed by atoms with van der Waals surface area (Å²) in [5, 5.41) is 14.5. The monoisotopic (exact) mass is 289 g/mol. The van der Waals surface area contributed by atoms with Gasteiger partial charge in [-0.25, -0.2) is 9.78 Å². The summed E-state index contributed by atoms with van der Waals surface area (Å²) in [6, 6.07) is 3.69. The Morgan fingerprint density at radius 1 is 1.50 bits per heavy atom. The van der Waals surface area contributed by atoms with Crippen LogP contribution in [0.4, 0.5) is 11.5 Å². The Morgan fingerprint density at radius 3 is 3.15 bits per heavy atom. The molecule has 2 aromatic rings. The molecular weight excluding hydrogens is 274 g/mol. The first kappa shape index (κ1) is 12.9. The number of nitrogens with one attached hydrogen (secondary N) is 1. The normalized spacial score (nSPS) is 17.5. The van der Waals surface area contributed by atoms with Crippen LogP contribution in [0.1, 0.15) is 39.7 Å². The van der Waals surface area contributed by atoms with E-state index < -0.39 is 5.97 Å². The highest BCUT2D eigenvalue weighted by Crippen LogP contribution is 2.36. The quantitative estimate of drug-likeness (QED) is 0.808. The van der Waals surface area contributed by atoms with Gasteiger partial charge in [-0.05, 0) is 42.3 Å². The van der Waals surface area contributed by atoms with Gasteiger partial charge in [-0.1, -0.05) is 0 Å². The van der Waals surface area contributed by atoms with E-state index in [1.165, 1.54) is 22.7 Å². The van der Waals surface area contributed by atoms with Crippen LogP contribution in [0.15, 0.2) is 23.7 Å². The number of carboxylic acids is 1. The van der Waals surface area contributed by atoms with Crippen molar-refractivity contribution in [2.24, 2.45) is 0 Å². The second-order valence-corrected chi connectivity index (χ2v) is 5.81. The van der Waals surface area contributed by atoms with Crippen LogP contribution in [0.5, 0.6) is 0 Å². The first-order valence-corrected chi connectivity index (χ1v) is 7.35. The number of pyridine rings is 1. The molecule has 1 atom stereocenters. The topological polar surface area (TPSA) is 88.2 Å². The van der Waals surface area contributed by atoms with Gasteiger partial charge < -0.3 is 16.2 Å². The molecule has 1 aliphatic rings. The second kappa shape index (κ2) is 5.13. The molecule has 0 aromatic carbocycles. The summed E-state index contributed by atoms with van der Waals surface area (Å²) >= 11 is 1.77. The van der Waals surface area contributed by atoms with Gasteiger partial charge in [0, 0.05) is 11.1 Å². The van der Waals surface area contributed by atoms with E-state index in [-0.39, 0.29) is 17.3 Å². The van der Waals surface area contributed by atoms with E-state index in [0.717, 1.165) is 19.3 Å². The highest BCUT2D eigenvalue weighted by Gasteiger charge is 2.23. The Bertz CT molecular complexity index is 654. The van der Waals surface area contributed by atoms with Gasteiger partial charge in [0.25, 0.3) is 0 Å². The molecule has 0 spiro atoms. The first-order valence-electron chi connectivity index (χ1n) is 6.47. The Labute approximate surface area is 120 Å². The number of fused-ring (bicyclic) bond motifs is 1. The maximum Gasteiger partial charge on any atom is 0.337 e. The number of anilines is 2. The molecule has 20 heavy (non-hydrogen) atoms. The van der Waals surface area contributed by atoms with Gasteiger partial charge in [0.15, 0.2) is 5.82 Å². The van der Waals surface area contributed by atoms with Crippen molar-refractivity contribution < 1.29 is 9.90 Å². The molecule has 0 bridgehead atoms. The van der Waals surface area contributed by atoms with Crippen molar-refractivity contribution in [2.45, 2.75) is 25.3 Å². The number of hydrogen-bond donors (Lipinski definition) is 3. The summed E-state index contributed by atoms with van der Waals surface area (Å²) in [6.45, 7) is 0. The number of hydrogen-bond acceptors (Lipinski definition) is 5. The SMILES string of the molecule is Nc1c(C(=O)O)ccnc1NC1CCCc2sccc21. The van der Waals surface area contributed by atoms with Crippen LogP contribution in [-0.2, 0) is 6.42 Å². The third-order valence-electron chi connectivity index (χ3n) is 3.58. The van der Waals surface area contributed by atoms with Gasteiger partial charge in [0.1, 0.15) is 0 Å². The van der Waals surface area contributed by atoms with Crippen LogP contribution < -0.4 is 11.1 Å². The average molecular weight is 289 g/mol. The Morgan fingerprint density at radius 2 is 2.35 bits per heavy atom. The summed E-state index contributed by atoms with van der Waals surface area (Å²) in [7, 11) is 0. The number of aryl methyl sites for hydroxylation is 1. The molecule has 0 saturated heterocycles. The van der Waals surface area contributed by atoms with Crippen molar-refractivity contribution in [1.82, 2.24) is 4.98 Å². The molecule has 2 aromatic heterocycles. The predicted molar refractivity (Wildman–Crippen MR) is 79.2 cm³/mol. The molecule has 0 aliphatic heterocycles. The molecule has 4 N–H and O–H groups in total. The van der Waals surface area contributed by atoms with Gasteiger partial charge in [0.2, 0.25) is 0 Å². The van der Waals surface area contributed by atoms with Gasteiger partial charge in [0.05, 0.1) is 17.3 Å². The lowest BCUT2D eigenvalue weighted by Gasteiger charge is -2.25. The van der Waals surface area contributed by atoms with Crippen molar-refractivity contribution in [3.63, 3.8) is 0 Å². The van der Waals surface area contributed by atoms with Gasteiger partial charge >= 0.3 is 5.97 Å². The molecule has 0 fully saturated rings. The number of nitrogens with zero attached hydrogens (tertiary/aromatic N) is 1. The number of carboxylic acid groups (broad SMARTS) is 1. The van der Waals surface area contributed by atoms with E-state index in [0.29, 0.717) is 5.82 Å². The molecule has 104 valence electrons. The largest absolute Gasteiger partial charge is 0.478 e. The van der Waals surface area contributed by atoms with Crippen LogP contribution >= 0.6 is 11.3 Å². The van der Waals surface area contributed by atoms with Crippen molar-refractivity contribution in [3.05, 3.63) is 39.7 Å². The van der Waals surface area contributed by atoms with Crippen LogP contribution in [0.25, 0.3) is 0 Å². The molecule has 5 nitrogen and oxygen atoms in total. The minimum Gasteiger partial charge on any atom is -0.478 e. The molecule has 0 saturated carbocycles. The summed E-state index contributed by atoms with van der Waals surface area (Å²) in [4.78, 5) is 16.7. The molecule has 1 aliphatic carbocycles. The highest BCUT2D eigenvalue weighted by molar-refractivity contribution is 7.10. The third kappa shape index (κ3) is 2.22. The van der Waals surface area contributed by atoms with Crippen molar-refractivity contribution in [3.8, 4) is 0 Å². The van der Waals surface area contributed by atoms with Gasteiger partial charge in [-0.15, -0.1) is 11.3 Å². The summed E-state index contributed by atoms with van der Waals surface area (Å²) < 4.78 is 0. The fourth-order valence-electron chi connectivity index (χ4n) is 2.58. The number of carbonyl (C=O) groups is 1. The zero-order chi connectivity index (χ0) is 14.1. The van der Waals surface area contributed by atoms with Crippen LogP contribution in [-0.4, -0.2) is 16.1 Å². The molecule has 1 unspecified atom stereocenters. The standard InChI is InChI=1S/C14H15N3O2S/c15-12-9(14(18)19)4-6-16-13(12)17-10-2-1-3-11-8(10)5-7-20-11/h4-7,10H,1-3,15H2,(H,16,17)(H,18,19). The lowest BCUT2D eigenvalue weighted by molar-refractivity contribution is 0.0698. The number of aromatic carboxylic acids is 1. The lowest BCUT2D eigenvalue weighted by Crippen LogP contribution is -2.18. The van der Waals surface area contributed by atoms with Crippen molar-refractivity contribution in [2.75, 3.05) is 11.1 Å². The number of rotatable bonds is 3. The summed E-state index contributed by atoms with van der Waals surface area (Å²) in [5.74, 6) is -0.582. The lowest BCUT2D eigenvalue weighted by atomic mass is 9.94. The number of nitrogen functional groups attached to an aromatic ring is 1. The molecule has 3 rings (SSSR count). The molecule has 0 amide bonds. The number of thiophene rings is 1. The van der Waals surface area contributed by atoms with Crippen molar-refractivity contribution >= 4 is 28.8 Å². The molecular formula is C14H15N3O2S. The highest BCUT2D eigenvalue weighted by atomic mass is 32.1. The maximum absolute atomic E-state index is 11.1. The Hall–Kier alpha value is -2.08. The minimum atomic E-state index is -1.03. The molecule has 2 heterocycles. The van der Waals surface area contributed by atoms with Crippen LogP contribution in [0.2, 0.25) is 0 Å². The summed E-state index contributed by atoms with van der Waals surface area (Å²) in [5.41, 5.74) is 7.46. The van der Waals surface area contributed by atoms with Crippen LogP contribution in [0, 0.1) is 0 Å². The number of aromatic nitrogens is 1. The van der Waals surface area contributed by atoms with E-state index in [2.05, 4.69) is 21.7 Å². The van der Waals surface area contributed by atoms with E-state index in [4.69, 9.17) is 10.8 Å². The fraction of sp³-hybridized carbons (Fsp3) is 0.286. The minimum absolute atomic E-state index is 0.0869. The number of nitrogens with two attached hydrogens (primary N) is 1. The van der Waals surface area contributed by atoms with E-state index in [1.54, 1.807) is 11.3 Å². The molecule has 6 heteroatoms. The fourth-order valence-corrected chi connectivity index (χ4v) is 3.56. The molecule has 0 radical (unpaired) electrons. The smallest absolute Gasteiger partial charge is 0.337 e. The van der Waals surface area contributed by atoms with Crippen molar-refractivity contribution in [1.29, 1.82) is 0 Å². The Kier molecular flexibility index (Phi) is 3.31. The zero-order valence-electron chi connectivity index (χ0n) is 10.8. The third-order valence-corrected chi connectivity index (χ3v) is 4.58. The van der Waals surface area contributed by atoms with E-state index in [9.17, 15) is 4.79 Å². The maximum atomic E-state index is 11.1. The Balaban J connectivity index is 1.90. The summed E-state index contributed by atoms with van der Waals surface area (Å²) in [6.07, 6.45) is 4.70. The van der Waals surface area contributed by atoms with E-state index in [1.807, 2.05) is 0 Å². The first-order chi connectivity index (χ1) is 9.66. The van der Waals surface area contributed by atoms with E-state index >= 15 is 0 Å². The zero-order valence-corrected chi connectivity index (χ0v) is 11.6. The second-order valence-electron chi connectivity index (χ2n) is 4.81. The van der Waals surface area contributed by atoms with Gasteiger partial charge in [-0.3, -0.25) is 0 Å².